The van der Waals surface area contributed by atoms with Crippen LogP contribution in [0.3, 0.4) is 0 Å². The predicted molar refractivity (Wildman–Crippen MR) is 66.3 cm³/mol. The molecule has 5 heteroatoms. The topological polar surface area (TPSA) is 17.1 Å². The molecule has 2 fully saturated rings. The molecule has 0 aromatic rings. The van der Waals surface area contributed by atoms with E-state index < -0.39 is 18.3 Å². The fraction of sp³-hybridized carbons (Fsp3) is 0.769. The Morgan fingerprint density at radius 3 is 2.22 bits per heavy atom. The molecule has 0 aromatic carbocycles. The first-order valence-electron chi connectivity index (χ1n) is 6.44. The lowest BCUT2D eigenvalue weighted by atomic mass is 9.85. The van der Waals surface area contributed by atoms with Gasteiger partial charge in [-0.05, 0) is 25.7 Å². The highest BCUT2D eigenvalue weighted by Gasteiger charge is 2.35. The van der Waals surface area contributed by atoms with Crippen LogP contribution in [-0.4, -0.2) is 16.3 Å². The highest BCUT2D eigenvalue weighted by atomic mass is 32.2. The number of ketones is 1. The number of hydrogen-bond donors (Lipinski definition) is 0. The average Bonchev–Trinajstić information content (AvgIpc) is 2.34. The van der Waals surface area contributed by atoms with Gasteiger partial charge in [0, 0.05) is 29.3 Å². The number of Topliss-reactive ketones (excluding diaryl/α,β-unsaturated/α-hetero) is 1. The number of fused-ring (bicyclic) bond motifs is 2. The Morgan fingerprint density at radius 2 is 1.67 bits per heavy atom. The molecular weight excluding hydrogens is 261 g/mol. The summed E-state index contributed by atoms with van der Waals surface area (Å²) in [5, 5.41) is 1.09. The van der Waals surface area contributed by atoms with Crippen LogP contribution >= 0.6 is 11.8 Å². The standard InChI is InChI=1S/C13H17F3OS/c14-11(13(15)16)4-5-12(17)8-6-9-2-1-3-10(7-8)18-9/h8-10H,1-7H2. The molecule has 2 aliphatic rings. The van der Waals surface area contributed by atoms with Crippen LogP contribution in [0.5, 0.6) is 0 Å². The van der Waals surface area contributed by atoms with Gasteiger partial charge >= 0.3 is 6.08 Å². The highest BCUT2D eigenvalue weighted by Crippen LogP contribution is 2.44. The van der Waals surface area contributed by atoms with E-state index in [1.165, 1.54) is 6.42 Å². The van der Waals surface area contributed by atoms with E-state index in [4.69, 9.17) is 0 Å². The minimum absolute atomic E-state index is 0.0305. The smallest absolute Gasteiger partial charge is 0.299 e. The third kappa shape index (κ3) is 3.53. The van der Waals surface area contributed by atoms with Crippen LogP contribution in [0.4, 0.5) is 13.2 Å². The summed E-state index contributed by atoms with van der Waals surface area (Å²) >= 11 is 1.97. The number of halogens is 3. The lowest BCUT2D eigenvalue weighted by molar-refractivity contribution is -0.123. The van der Waals surface area contributed by atoms with Gasteiger partial charge in [-0.25, -0.2) is 4.39 Å². The van der Waals surface area contributed by atoms with Crippen molar-refractivity contribution in [1.82, 2.24) is 0 Å². The Labute approximate surface area is 109 Å². The van der Waals surface area contributed by atoms with Gasteiger partial charge in [0.05, 0.1) is 0 Å². The largest absolute Gasteiger partial charge is 0.301 e. The fourth-order valence-corrected chi connectivity index (χ4v) is 4.69. The predicted octanol–water partition coefficient (Wildman–Crippen LogP) is 4.48. The zero-order valence-corrected chi connectivity index (χ0v) is 10.9. The number of carbonyl (C=O) groups is 1. The Bertz CT molecular complexity index is 340. The van der Waals surface area contributed by atoms with E-state index >= 15 is 0 Å². The van der Waals surface area contributed by atoms with E-state index in [2.05, 4.69) is 0 Å². The quantitative estimate of drug-likeness (QED) is 0.754. The van der Waals surface area contributed by atoms with Crippen molar-refractivity contribution in [3.8, 4) is 0 Å². The Kier molecular flexibility index (Phi) is 4.76. The monoisotopic (exact) mass is 278 g/mol. The maximum atomic E-state index is 12.7. The van der Waals surface area contributed by atoms with Gasteiger partial charge in [-0.3, -0.25) is 4.79 Å². The maximum absolute atomic E-state index is 12.7. The molecule has 102 valence electrons. The molecule has 0 N–H and O–H groups in total. The fourth-order valence-electron chi connectivity index (χ4n) is 2.85. The summed E-state index contributed by atoms with van der Waals surface area (Å²) in [4.78, 5) is 11.9. The van der Waals surface area contributed by atoms with Gasteiger partial charge in [-0.1, -0.05) is 6.42 Å². The van der Waals surface area contributed by atoms with Crippen LogP contribution < -0.4 is 0 Å². The third-order valence-corrected chi connectivity index (χ3v) is 5.41. The molecule has 2 saturated heterocycles. The van der Waals surface area contributed by atoms with Crippen molar-refractivity contribution in [2.24, 2.45) is 5.92 Å². The van der Waals surface area contributed by atoms with Crippen molar-refractivity contribution >= 4 is 17.5 Å². The summed E-state index contributed by atoms with van der Waals surface area (Å²) in [5.74, 6) is -1.51. The molecule has 2 aliphatic heterocycles. The third-order valence-electron chi connectivity index (χ3n) is 3.78. The number of hydrogen-bond acceptors (Lipinski definition) is 2. The van der Waals surface area contributed by atoms with Gasteiger partial charge in [0.1, 0.15) is 5.78 Å². The van der Waals surface area contributed by atoms with Gasteiger partial charge in [-0.2, -0.15) is 20.5 Å². The average molecular weight is 278 g/mol. The summed E-state index contributed by atoms with van der Waals surface area (Å²) in [5.41, 5.74) is 0. The summed E-state index contributed by atoms with van der Waals surface area (Å²) in [6.45, 7) is 0. The summed E-state index contributed by atoms with van der Waals surface area (Å²) < 4.78 is 36.5. The second-order valence-electron chi connectivity index (χ2n) is 5.11. The molecule has 0 aromatic heterocycles. The molecule has 2 unspecified atom stereocenters. The van der Waals surface area contributed by atoms with E-state index in [9.17, 15) is 18.0 Å². The van der Waals surface area contributed by atoms with E-state index in [1.807, 2.05) is 11.8 Å². The van der Waals surface area contributed by atoms with Gasteiger partial charge in [0.25, 0.3) is 0 Å². The molecule has 18 heavy (non-hydrogen) atoms. The second-order valence-corrected chi connectivity index (χ2v) is 6.72. The first-order valence-corrected chi connectivity index (χ1v) is 7.38. The van der Waals surface area contributed by atoms with Crippen molar-refractivity contribution in [3.63, 3.8) is 0 Å². The van der Waals surface area contributed by atoms with Crippen LogP contribution in [0.2, 0.25) is 0 Å². The van der Waals surface area contributed by atoms with Crippen LogP contribution in [-0.2, 0) is 4.79 Å². The lowest BCUT2D eigenvalue weighted by Crippen LogP contribution is -2.32. The van der Waals surface area contributed by atoms with Gasteiger partial charge in [0.15, 0.2) is 5.83 Å². The van der Waals surface area contributed by atoms with Crippen molar-refractivity contribution in [2.75, 3.05) is 0 Å². The van der Waals surface area contributed by atoms with Gasteiger partial charge in [-0.15, -0.1) is 0 Å². The van der Waals surface area contributed by atoms with E-state index in [0.717, 1.165) is 25.7 Å². The van der Waals surface area contributed by atoms with E-state index in [1.54, 1.807) is 0 Å². The van der Waals surface area contributed by atoms with Gasteiger partial charge < -0.3 is 0 Å². The molecule has 2 heterocycles. The number of allylic oxidation sites excluding steroid dienone is 1. The molecule has 0 spiro atoms. The molecule has 2 bridgehead atoms. The van der Waals surface area contributed by atoms with Gasteiger partial charge in [0.2, 0.25) is 0 Å². The SMILES string of the molecule is O=C(CCC(F)=C(F)F)C1CC2CCCC(C1)S2. The summed E-state index contributed by atoms with van der Waals surface area (Å²) in [6, 6.07) is 0. The molecule has 2 atom stereocenters. The summed E-state index contributed by atoms with van der Waals surface area (Å²) in [6.07, 6.45) is 2.41. The van der Waals surface area contributed by atoms with Crippen molar-refractivity contribution in [3.05, 3.63) is 11.9 Å². The molecule has 0 aliphatic carbocycles. The Morgan fingerprint density at radius 1 is 1.06 bits per heavy atom. The van der Waals surface area contributed by atoms with Crippen molar-refractivity contribution < 1.29 is 18.0 Å². The van der Waals surface area contributed by atoms with E-state index in [0.29, 0.717) is 10.5 Å². The van der Waals surface area contributed by atoms with Crippen LogP contribution in [0, 0.1) is 5.92 Å². The van der Waals surface area contributed by atoms with Crippen molar-refractivity contribution in [2.45, 2.75) is 55.4 Å². The number of rotatable bonds is 4. The minimum Gasteiger partial charge on any atom is -0.299 e. The molecule has 2 rings (SSSR count). The first-order chi connectivity index (χ1) is 8.56. The van der Waals surface area contributed by atoms with Crippen LogP contribution in [0.25, 0.3) is 0 Å². The van der Waals surface area contributed by atoms with Crippen molar-refractivity contribution in [1.29, 1.82) is 0 Å². The highest BCUT2D eigenvalue weighted by molar-refractivity contribution is 8.00. The molecular formula is C13H17F3OS. The Balaban J connectivity index is 1.84. The van der Waals surface area contributed by atoms with Crippen LogP contribution in [0.15, 0.2) is 11.9 Å². The molecule has 0 saturated carbocycles. The normalized spacial score (nSPS) is 30.9. The summed E-state index contributed by atoms with van der Waals surface area (Å²) in [7, 11) is 0. The maximum Gasteiger partial charge on any atom is 0.301 e. The second kappa shape index (κ2) is 6.13. The molecule has 0 amide bonds. The minimum atomic E-state index is -2.29. The lowest BCUT2D eigenvalue weighted by Gasteiger charge is -2.37. The first kappa shape index (κ1) is 14.0. The molecule has 0 radical (unpaired) electrons. The number of carbonyl (C=O) groups excluding carboxylic acids is 1. The number of thioether (sulfide) groups is 1. The van der Waals surface area contributed by atoms with Crippen LogP contribution in [0.1, 0.15) is 44.9 Å². The zero-order chi connectivity index (χ0) is 13.1. The molecule has 1 nitrogen and oxygen atoms in total. The zero-order valence-electron chi connectivity index (χ0n) is 10.1. The Hall–Kier alpha value is -0.450. The van der Waals surface area contributed by atoms with E-state index in [-0.39, 0.29) is 18.1 Å².